The summed E-state index contributed by atoms with van der Waals surface area (Å²) in [7, 11) is 1.99. The van der Waals surface area contributed by atoms with E-state index in [1.54, 1.807) is 0 Å². The normalized spacial score (nSPS) is 23.9. The lowest BCUT2D eigenvalue weighted by Gasteiger charge is -2.42. The third-order valence-electron chi connectivity index (χ3n) is 5.64. The van der Waals surface area contributed by atoms with Crippen LogP contribution < -0.4 is 0 Å². The molecule has 1 aliphatic carbocycles. The van der Waals surface area contributed by atoms with Gasteiger partial charge in [0.15, 0.2) is 0 Å². The third kappa shape index (κ3) is 4.55. The van der Waals surface area contributed by atoms with E-state index in [4.69, 9.17) is 0 Å². The number of likely N-dealkylation sites (N-methyl/N-ethyl adjacent to an activating group) is 1. The maximum absolute atomic E-state index is 12.9. The molecule has 0 aromatic heterocycles. The van der Waals surface area contributed by atoms with Crippen molar-refractivity contribution in [3.05, 3.63) is 29.8 Å². The Balaban J connectivity index is 1.67. The molecule has 1 aliphatic heterocycles. The maximum atomic E-state index is 12.9. The molecule has 134 valence electrons. The Hall–Kier alpha value is -1.55. The predicted octanol–water partition coefficient (Wildman–Crippen LogP) is 3.83. The van der Waals surface area contributed by atoms with Gasteiger partial charge in [-0.15, -0.1) is 0 Å². The summed E-state index contributed by atoms with van der Waals surface area (Å²) in [5.74, 6) is 0.194. The van der Waals surface area contributed by atoms with Crippen molar-refractivity contribution in [3.63, 3.8) is 0 Å². The van der Waals surface area contributed by atoms with Crippen molar-refractivity contribution < 1.29 is 4.79 Å². The molecule has 25 heavy (non-hydrogen) atoms. The van der Waals surface area contributed by atoms with Crippen molar-refractivity contribution in [1.82, 2.24) is 9.80 Å². The van der Waals surface area contributed by atoms with Crippen LogP contribution in [0.4, 0.5) is 5.69 Å². The molecule has 1 aromatic rings. The summed E-state index contributed by atoms with van der Waals surface area (Å²) in [4.78, 5) is 21.5. The highest BCUT2D eigenvalue weighted by Gasteiger charge is 2.35. The Morgan fingerprint density at radius 2 is 2.04 bits per heavy atom. The number of amides is 1. The van der Waals surface area contributed by atoms with Gasteiger partial charge in [0, 0.05) is 19.1 Å². The Kier molecular flexibility index (Phi) is 6.35. The zero-order valence-electron chi connectivity index (χ0n) is 15.0. The minimum atomic E-state index is 0.194. The molecule has 4 nitrogen and oxygen atoms in total. The molecular weight excluding hydrogens is 330 g/mol. The molecular formula is C20H27N3OS. The van der Waals surface area contributed by atoms with Crippen molar-refractivity contribution in [1.29, 1.82) is 0 Å². The van der Waals surface area contributed by atoms with Gasteiger partial charge in [-0.05, 0) is 68.7 Å². The van der Waals surface area contributed by atoms with Crippen LogP contribution >= 0.6 is 12.2 Å². The van der Waals surface area contributed by atoms with Gasteiger partial charge in [0.2, 0.25) is 5.91 Å². The number of nitrogens with zero attached hydrogens (tertiary/aromatic N) is 3. The quantitative estimate of drug-likeness (QED) is 0.593. The second kappa shape index (κ2) is 8.70. The van der Waals surface area contributed by atoms with E-state index < -0.39 is 0 Å². The predicted molar refractivity (Wildman–Crippen MR) is 104 cm³/mol. The first-order chi connectivity index (χ1) is 12.2. The largest absolute Gasteiger partial charge is 0.341 e. The zero-order valence-corrected chi connectivity index (χ0v) is 15.8. The van der Waals surface area contributed by atoms with Crippen molar-refractivity contribution >= 4 is 29.0 Å². The van der Waals surface area contributed by atoms with Gasteiger partial charge in [0.25, 0.3) is 0 Å². The Morgan fingerprint density at radius 1 is 1.28 bits per heavy atom. The number of hydrogen-bond donors (Lipinski definition) is 0. The van der Waals surface area contributed by atoms with Crippen LogP contribution in [0, 0.1) is 0 Å². The first kappa shape index (κ1) is 18.2. The summed E-state index contributed by atoms with van der Waals surface area (Å²) in [6.45, 7) is 2.39. The zero-order chi connectivity index (χ0) is 17.6. The topological polar surface area (TPSA) is 35.9 Å². The second-order valence-corrected chi connectivity index (χ2v) is 7.40. The van der Waals surface area contributed by atoms with Crippen LogP contribution in [0.15, 0.2) is 29.3 Å². The van der Waals surface area contributed by atoms with Crippen molar-refractivity contribution in [2.24, 2.45) is 4.99 Å². The molecule has 1 saturated heterocycles. The van der Waals surface area contributed by atoms with Gasteiger partial charge in [0.1, 0.15) is 0 Å². The number of rotatable bonds is 5. The van der Waals surface area contributed by atoms with E-state index in [1.807, 2.05) is 36.2 Å². The average Bonchev–Trinajstić information content (AvgIpc) is 3.16. The molecule has 1 amide bonds. The number of carbonyl (C=O) groups is 1. The van der Waals surface area contributed by atoms with Crippen LogP contribution in [-0.2, 0) is 11.2 Å². The molecule has 3 rings (SSSR count). The number of thiocarbonyl (C=S) groups is 1. The van der Waals surface area contributed by atoms with E-state index in [2.05, 4.69) is 27.3 Å². The molecule has 2 atom stereocenters. The van der Waals surface area contributed by atoms with E-state index in [1.165, 1.54) is 45.2 Å². The van der Waals surface area contributed by atoms with E-state index in [0.29, 0.717) is 18.5 Å². The molecule has 1 saturated carbocycles. The van der Waals surface area contributed by atoms with Gasteiger partial charge in [-0.25, -0.2) is 0 Å². The molecule has 5 heteroatoms. The highest BCUT2D eigenvalue weighted by atomic mass is 32.1. The van der Waals surface area contributed by atoms with Crippen LogP contribution in [0.2, 0.25) is 0 Å². The fraction of sp³-hybridized carbons (Fsp3) is 0.600. The first-order valence-corrected chi connectivity index (χ1v) is 9.76. The SMILES string of the molecule is CN(C(=O)Cc1cccc(N=C=S)c1)[C@@H]1CCCC[C@H]1N1CCCC1. The molecule has 2 fully saturated rings. The molecule has 0 N–H and O–H groups in total. The molecule has 1 aromatic carbocycles. The van der Waals surface area contributed by atoms with E-state index >= 15 is 0 Å². The van der Waals surface area contributed by atoms with Gasteiger partial charge < -0.3 is 4.90 Å². The summed E-state index contributed by atoms with van der Waals surface area (Å²) >= 11 is 4.66. The highest BCUT2D eigenvalue weighted by molar-refractivity contribution is 7.78. The maximum Gasteiger partial charge on any atom is 0.227 e. The van der Waals surface area contributed by atoms with Gasteiger partial charge >= 0.3 is 0 Å². The minimum absolute atomic E-state index is 0.194. The van der Waals surface area contributed by atoms with E-state index in [0.717, 1.165) is 17.7 Å². The summed E-state index contributed by atoms with van der Waals surface area (Å²) in [6, 6.07) is 8.58. The summed E-state index contributed by atoms with van der Waals surface area (Å²) in [5, 5.41) is 2.38. The van der Waals surface area contributed by atoms with Gasteiger partial charge in [-0.3, -0.25) is 9.69 Å². The number of likely N-dealkylation sites (tertiary alicyclic amines) is 1. The molecule has 0 bridgehead atoms. The summed E-state index contributed by atoms with van der Waals surface area (Å²) in [5.41, 5.74) is 1.74. The fourth-order valence-electron chi connectivity index (χ4n) is 4.32. The second-order valence-electron chi connectivity index (χ2n) is 7.22. The van der Waals surface area contributed by atoms with E-state index in [9.17, 15) is 4.79 Å². The summed E-state index contributed by atoms with van der Waals surface area (Å²) in [6.07, 6.45) is 7.88. The third-order valence-corrected chi connectivity index (χ3v) is 5.73. The van der Waals surface area contributed by atoms with Crippen LogP contribution in [0.3, 0.4) is 0 Å². The number of hydrogen-bond acceptors (Lipinski definition) is 4. The van der Waals surface area contributed by atoms with Crippen molar-refractivity contribution in [3.8, 4) is 0 Å². The number of carbonyl (C=O) groups excluding carboxylic acids is 1. The van der Waals surface area contributed by atoms with Gasteiger partial charge in [-0.1, -0.05) is 25.0 Å². The lowest BCUT2D eigenvalue weighted by Crippen LogP contribution is -2.53. The Bertz CT molecular complexity index is 650. The molecule has 1 heterocycles. The Morgan fingerprint density at radius 3 is 2.80 bits per heavy atom. The fourth-order valence-corrected chi connectivity index (χ4v) is 4.42. The van der Waals surface area contributed by atoms with Gasteiger partial charge in [-0.2, -0.15) is 4.99 Å². The smallest absolute Gasteiger partial charge is 0.227 e. The number of aliphatic imine (C=N–C) groups is 1. The monoisotopic (exact) mass is 357 g/mol. The number of isothiocyanates is 1. The van der Waals surface area contributed by atoms with Crippen LogP contribution in [0.25, 0.3) is 0 Å². The Labute approximate surface area is 155 Å². The lowest BCUT2D eigenvalue weighted by atomic mass is 9.88. The van der Waals surface area contributed by atoms with E-state index in [-0.39, 0.29) is 5.91 Å². The van der Waals surface area contributed by atoms with Gasteiger partial charge in [0.05, 0.1) is 17.3 Å². The molecule has 0 unspecified atom stereocenters. The number of benzene rings is 1. The lowest BCUT2D eigenvalue weighted by molar-refractivity contribution is -0.133. The first-order valence-electron chi connectivity index (χ1n) is 9.35. The van der Waals surface area contributed by atoms with Crippen LogP contribution in [0.1, 0.15) is 44.1 Å². The average molecular weight is 358 g/mol. The van der Waals surface area contributed by atoms with Crippen LogP contribution in [-0.4, -0.2) is 53.1 Å². The molecule has 0 radical (unpaired) electrons. The summed E-state index contributed by atoms with van der Waals surface area (Å²) < 4.78 is 0. The molecule has 2 aliphatic rings. The van der Waals surface area contributed by atoms with Crippen molar-refractivity contribution in [2.45, 2.75) is 57.0 Å². The minimum Gasteiger partial charge on any atom is -0.341 e. The standard InChI is InChI=1S/C20H27N3OS/c1-22(18-9-2-3-10-19(18)23-11-4-5-12-23)20(24)14-16-7-6-8-17(13-16)21-15-25/h6-8,13,18-19H,2-5,9-12,14H2,1H3/t18-,19-/m1/s1. The highest BCUT2D eigenvalue weighted by Crippen LogP contribution is 2.29. The van der Waals surface area contributed by atoms with Crippen molar-refractivity contribution in [2.75, 3.05) is 20.1 Å². The molecule has 0 spiro atoms. The van der Waals surface area contributed by atoms with Crippen LogP contribution in [0.5, 0.6) is 0 Å².